The van der Waals surface area contributed by atoms with Crippen LogP contribution in [0, 0.1) is 3.57 Å². The fourth-order valence-corrected chi connectivity index (χ4v) is 2.68. The number of rotatable bonds is 8. The van der Waals surface area contributed by atoms with Gasteiger partial charge in [0.2, 0.25) is 0 Å². The maximum atomic E-state index is 11.6. The molecule has 0 atom stereocenters. The molecule has 6 heteroatoms. The van der Waals surface area contributed by atoms with Crippen LogP contribution < -0.4 is 10.1 Å². The molecule has 1 heterocycles. The molecule has 1 aromatic carbocycles. The summed E-state index contributed by atoms with van der Waals surface area (Å²) in [6.07, 6.45) is 1.67. The second-order valence-corrected chi connectivity index (χ2v) is 6.58. The molecule has 0 bridgehead atoms. The van der Waals surface area contributed by atoms with Gasteiger partial charge in [-0.15, -0.1) is 0 Å². The molecule has 2 rings (SSSR count). The van der Waals surface area contributed by atoms with Gasteiger partial charge in [-0.3, -0.25) is 4.79 Å². The minimum atomic E-state index is -0.104. The number of carbonyl (C=O) groups excluding carboxylic acids is 1. The Morgan fingerprint density at radius 2 is 2.10 bits per heavy atom. The molecule has 112 valence electrons. The Morgan fingerprint density at radius 3 is 2.81 bits per heavy atom. The van der Waals surface area contributed by atoms with Crippen LogP contribution in [0.1, 0.15) is 5.76 Å². The van der Waals surface area contributed by atoms with E-state index in [0.717, 1.165) is 20.8 Å². The molecular formula is C15H16INO3S. The number of carbonyl (C=O) groups is 1. The predicted molar refractivity (Wildman–Crippen MR) is 92.5 cm³/mol. The summed E-state index contributed by atoms with van der Waals surface area (Å²) in [5.41, 5.74) is 0. The van der Waals surface area contributed by atoms with E-state index in [1.165, 1.54) is 0 Å². The fourth-order valence-electron chi connectivity index (χ4n) is 1.56. The Labute approximate surface area is 141 Å². The van der Waals surface area contributed by atoms with Gasteiger partial charge in [-0.1, -0.05) is 0 Å². The van der Waals surface area contributed by atoms with E-state index in [0.29, 0.717) is 12.3 Å². The summed E-state index contributed by atoms with van der Waals surface area (Å²) in [5.74, 6) is 3.22. The fraction of sp³-hybridized carbons (Fsp3) is 0.267. The molecule has 0 radical (unpaired) electrons. The first-order valence-electron chi connectivity index (χ1n) is 6.49. The van der Waals surface area contributed by atoms with E-state index < -0.39 is 0 Å². The molecule has 0 aliphatic rings. The first-order valence-corrected chi connectivity index (χ1v) is 8.72. The van der Waals surface area contributed by atoms with Crippen LogP contribution in [-0.2, 0) is 10.5 Å². The Kier molecular flexibility index (Phi) is 6.94. The first kappa shape index (κ1) is 16.2. The van der Waals surface area contributed by atoms with Crippen molar-refractivity contribution < 1.29 is 13.9 Å². The average Bonchev–Trinajstić information content (AvgIpc) is 2.99. The SMILES string of the molecule is O=C(COc1ccc(I)cc1)NCCSCc1ccco1. The third kappa shape index (κ3) is 6.43. The number of ether oxygens (including phenoxy) is 1. The molecule has 0 saturated carbocycles. The van der Waals surface area contributed by atoms with Crippen molar-refractivity contribution in [2.75, 3.05) is 18.9 Å². The van der Waals surface area contributed by atoms with Crippen LogP contribution in [-0.4, -0.2) is 24.8 Å². The zero-order valence-electron chi connectivity index (χ0n) is 11.4. The Balaban J connectivity index is 1.54. The molecule has 0 fully saturated rings. The first-order chi connectivity index (χ1) is 10.2. The molecule has 2 aromatic rings. The van der Waals surface area contributed by atoms with Gasteiger partial charge in [-0.2, -0.15) is 11.8 Å². The number of hydrogen-bond acceptors (Lipinski definition) is 4. The van der Waals surface area contributed by atoms with E-state index >= 15 is 0 Å². The van der Waals surface area contributed by atoms with E-state index in [2.05, 4.69) is 27.9 Å². The number of thioether (sulfide) groups is 1. The summed E-state index contributed by atoms with van der Waals surface area (Å²) in [4.78, 5) is 11.6. The number of hydrogen-bond donors (Lipinski definition) is 1. The lowest BCUT2D eigenvalue weighted by Crippen LogP contribution is -2.30. The van der Waals surface area contributed by atoms with Crippen LogP contribution in [0.5, 0.6) is 5.75 Å². The highest BCUT2D eigenvalue weighted by molar-refractivity contribution is 14.1. The second-order valence-electron chi connectivity index (χ2n) is 4.22. The zero-order chi connectivity index (χ0) is 14.9. The lowest BCUT2D eigenvalue weighted by atomic mass is 10.3. The summed E-state index contributed by atoms with van der Waals surface area (Å²) in [5, 5.41) is 2.83. The van der Waals surface area contributed by atoms with Gasteiger partial charge in [0, 0.05) is 15.9 Å². The third-order valence-corrected chi connectivity index (χ3v) is 4.28. The van der Waals surface area contributed by atoms with E-state index in [4.69, 9.17) is 9.15 Å². The van der Waals surface area contributed by atoms with Crippen molar-refractivity contribution in [3.05, 3.63) is 52.0 Å². The van der Waals surface area contributed by atoms with Gasteiger partial charge in [0.15, 0.2) is 6.61 Å². The maximum Gasteiger partial charge on any atom is 0.257 e. The molecule has 0 spiro atoms. The average molecular weight is 417 g/mol. The topological polar surface area (TPSA) is 51.5 Å². The monoisotopic (exact) mass is 417 g/mol. The second kappa shape index (κ2) is 8.99. The van der Waals surface area contributed by atoms with Crippen LogP contribution >= 0.6 is 34.4 Å². The predicted octanol–water partition coefficient (Wildman–Crippen LogP) is 3.31. The molecule has 0 unspecified atom stereocenters. The molecular weight excluding hydrogens is 401 g/mol. The van der Waals surface area contributed by atoms with Gasteiger partial charge >= 0.3 is 0 Å². The van der Waals surface area contributed by atoms with Crippen molar-refractivity contribution in [3.8, 4) is 5.75 Å². The van der Waals surface area contributed by atoms with E-state index in [1.54, 1.807) is 18.0 Å². The highest BCUT2D eigenvalue weighted by Gasteiger charge is 2.02. The normalized spacial score (nSPS) is 10.3. The molecule has 1 N–H and O–H groups in total. The lowest BCUT2D eigenvalue weighted by Gasteiger charge is -2.07. The summed E-state index contributed by atoms with van der Waals surface area (Å²) < 4.78 is 11.8. The maximum absolute atomic E-state index is 11.6. The van der Waals surface area contributed by atoms with E-state index in [-0.39, 0.29) is 12.5 Å². The highest BCUT2D eigenvalue weighted by Crippen LogP contribution is 2.13. The van der Waals surface area contributed by atoms with Gasteiger partial charge in [0.1, 0.15) is 11.5 Å². The lowest BCUT2D eigenvalue weighted by molar-refractivity contribution is -0.122. The molecule has 21 heavy (non-hydrogen) atoms. The zero-order valence-corrected chi connectivity index (χ0v) is 14.4. The van der Waals surface area contributed by atoms with Crippen molar-refractivity contribution in [1.82, 2.24) is 5.32 Å². The molecule has 0 aliphatic carbocycles. The smallest absolute Gasteiger partial charge is 0.257 e. The molecule has 4 nitrogen and oxygen atoms in total. The third-order valence-electron chi connectivity index (χ3n) is 2.58. The van der Waals surface area contributed by atoms with Gasteiger partial charge in [0.25, 0.3) is 5.91 Å². The van der Waals surface area contributed by atoms with Gasteiger partial charge in [-0.05, 0) is 59.0 Å². The Morgan fingerprint density at radius 1 is 1.29 bits per heavy atom. The van der Waals surface area contributed by atoms with Crippen LogP contribution in [0.25, 0.3) is 0 Å². The minimum absolute atomic E-state index is 0.0451. The number of furan rings is 1. The number of amides is 1. The van der Waals surface area contributed by atoms with E-state index in [1.807, 2.05) is 36.4 Å². The standard InChI is InChI=1S/C15H16INO3S/c16-12-3-5-13(6-4-12)20-10-15(18)17-7-9-21-11-14-2-1-8-19-14/h1-6,8H,7,9-11H2,(H,17,18). The molecule has 1 amide bonds. The Hall–Kier alpha value is -1.15. The van der Waals surface area contributed by atoms with Gasteiger partial charge in [0.05, 0.1) is 12.0 Å². The quantitative estimate of drug-likeness (QED) is 0.529. The van der Waals surface area contributed by atoms with Crippen molar-refractivity contribution in [2.24, 2.45) is 0 Å². The van der Waals surface area contributed by atoms with Crippen LogP contribution in [0.15, 0.2) is 47.1 Å². The number of benzene rings is 1. The van der Waals surface area contributed by atoms with Crippen LogP contribution in [0.2, 0.25) is 0 Å². The molecule has 1 aromatic heterocycles. The minimum Gasteiger partial charge on any atom is -0.484 e. The van der Waals surface area contributed by atoms with Crippen molar-refractivity contribution >= 4 is 40.3 Å². The van der Waals surface area contributed by atoms with Gasteiger partial charge < -0.3 is 14.5 Å². The van der Waals surface area contributed by atoms with Crippen LogP contribution in [0.3, 0.4) is 0 Å². The number of nitrogens with one attached hydrogen (secondary N) is 1. The Bertz CT molecular complexity index is 543. The highest BCUT2D eigenvalue weighted by atomic mass is 127. The molecule has 0 saturated heterocycles. The largest absolute Gasteiger partial charge is 0.484 e. The summed E-state index contributed by atoms with van der Waals surface area (Å²) >= 11 is 3.94. The van der Waals surface area contributed by atoms with E-state index in [9.17, 15) is 4.79 Å². The summed E-state index contributed by atoms with van der Waals surface area (Å²) in [6.45, 7) is 0.670. The van der Waals surface area contributed by atoms with Crippen LogP contribution in [0.4, 0.5) is 0 Å². The van der Waals surface area contributed by atoms with Crippen molar-refractivity contribution in [3.63, 3.8) is 0 Å². The summed E-state index contributed by atoms with van der Waals surface area (Å²) in [6, 6.07) is 11.4. The van der Waals surface area contributed by atoms with Crippen molar-refractivity contribution in [1.29, 1.82) is 0 Å². The molecule has 0 aliphatic heterocycles. The number of halogens is 1. The van der Waals surface area contributed by atoms with Crippen molar-refractivity contribution in [2.45, 2.75) is 5.75 Å². The summed E-state index contributed by atoms with van der Waals surface area (Å²) in [7, 11) is 0. The van der Waals surface area contributed by atoms with Gasteiger partial charge in [-0.25, -0.2) is 0 Å².